The normalized spacial score (nSPS) is 16.3. The highest BCUT2D eigenvalue weighted by molar-refractivity contribution is 5.85. The lowest BCUT2D eigenvalue weighted by Gasteiger charge is -2.36. The summed E-state index contributed by atoms with van der Waals surface area (Å²) in [7, 11) is 3.27. The van der Waals surface area contributed by atoms with Gasteiger partial charge in [-0.05, 0) is 47.4 Å². The fraction of sp³-hybridized carbons (Fsp3) is 0.458. The quantitative estimate of drug-likeness (QED) is 0.609. The van der Waals surface area contributed by atoms with Crippen molar-refractivity contribution in [1.82, 2.24) is 14.7 Å². The molecule has 0 atom stereocenters. The summed E-state index contributed by atoms with van der Waals surface area (Å²) < 4.78 is 23.9. The third-order valence-corrected chi connectivity index (χ3v) is 6.21. The summed E-state index contributed by atoms with van der Waals surface area (Å²) >= 11 is 0. The van der Waals surface area contributed by atoms with Crippen molar-refractivity contribution in [3.8, 4) is 11.5 Å². The molecule has 2 aliphatic heterocycles. The topological polar surface area (TPSA) is 45.3 Å². The molecule has 2 aliphatic rings. The standard InChI is InChI=1S/C24H30FN3O3.2ClH/c1-30-22-13-19-7-8-28(16-20(19)14-23(22)31-2)24(29)17-27-11-9-26(10-12-27)15-18-3-5-21(25)6-4-18;;/h3-6,13-14H,7-12,15-17H2,1-2H3;2*1H. The molecule has 9 heteroatoms. The van der Waals surface area contributed by atoms with Crippen molar-refractivity contribution in [2.45, 2.75) is 19.5 Å². The third kappa shape index (κ3) is 6.73. The Labute approximate surface area is 207 Å². The molecule has 1 fully saturated rings. The molecule has 1 amide bonds. The second-order valence-electron chi connectivity index (χ2n) is 8.22. The molecule has 0 bridgehead atoms. The van der Waals surface area contributed by atoms with Gasteiger partial charge in [-0.15, -0.1) is 24.8 Å². The fourth-order valence-corrected chi connectivity index (χ4v) is 4.34. The molecule has 2 aromatic rings. The molecule has 0 saturated carbocycles. The molecular weight excluding hydrogens is 468 g/mol. The number of fused-ring (bicyclic) bond motifs is 1. The molecule has 0 spiro atoms. The van der Waals surface area contributed by atoms with E-state index in [4.69, 9.17) is 9.47 Å². The van der Waals surface area contributed by atoms with Crippen LogP contribution < -0.4 is 9.47 Å². The van der Waals surface area contributed by atoms with Gasteiger partial charge in [-0.25, -0.2) is 4.39 Å². The Kier molecular flexibility index (Phi) is 10.2. The molecule has 4 rings (SSSR count). The van der Waals surface area contributed by atoms with Crippen molar-refractivity contribution >= 4 is 30.7 Å². The first-order chi connectivity index (χ1) is 15.1. The number of amides is 1. The number of benzene rings is 2. The van der Waals surface area contributed by atoms with Crippen LogP contribution in [0.4, 0.5) is 4.39 Å². The van der Waals surface area contributed by atoms with E-state index in [0.717, 1.165) is 62.6 Å². The van der Waals surface area contributed by atoms with E-state index in [-0.39, 0.29) is 36.5 Å². The molecule has 0 radical (unpaired) electrons. The monoisotopic (exact) mass is 499 g/mol. The van der Waals surface area contributed by atoms with Crippen molar-refractivity contribution in [1.29, 1.82) is 0 Å². The third-order valence-electron chi connectivity index (χ3n) is 6.21. The lowest BCUT2D eigenvalue weighted by atomic mass is 9.98. The van der Waals surface area contributed by atoms with Crippen molar-refractivity contribution in [2.24, 2.45) is 0 Å². The van der Waals surface area contributed by atoms with Crippen LogP contribution in [0.15, 0.2) is 36.4 Å². The average Bonchev–Trinajstić information content (AvgIpc) is 2.80. The van der Waals surface area contributed by atoms with Crippen LogP contribution in [0.2, 0.25) is 0 Å². The number of methoxy groups -OCH3 is 2. The van der Waals surface area contributed by atoms with Crippen LogP contribution >= 0.6 is 24.8 Å². The predicted octanol–water partition coefficient (Wildman–Crippen LogP) is 3.39. The van der Waals surface area contributed by atoms with Gasteiger partial charge in [0.1, 0.15) is 5.82 Å². The van der Waals surface area contributed by atoms with Gasteiger partial charge in [-0.1, -0.05) is 12.1 Å². The minimum absolute atomic E-state index is 0. The van der Waals surface area contributed by atoms with Gasteiger partial charge >= 0.3 is 0 Å². The summed E-state index contributed by atoms with van der Waals surface area (Å²) in [5, 5.41) is 0. The zero-order valence-corrected chi connectivity index (χ0v) is 20.7. The molecule has 2 aromatic carbocycles. The minimum atomic E-state index is -0.204. The van der Waals surface area contributed by atoms with Gasteiger partial charge in [0.2, 0.25) is 5.91 Å². The number of hydrogen-bond donors (Lipinski definition) is 0. The molecule has 2 heterocycles. The molecule has 6 nitrogen and oxygen atoms in total. The van der Waals surface area contributed by atoms with Crippen LogP contribution in [0.3, 0.4) is 0 Å². The highest BCUT2D eigenvalue weighted by Crippen LogP contribution is 2.33. The van der Waals surface area contributed by atoms with Crippen LogP contribution in [0.1, 0.15) is 16.7 Å². The van der Waals surface area contributed by atoms with E-state index < -0.39 is 0 Å². The number of ether oxygens (including phenoxy) is 2. The first-order valence-electron chi connectivity index (χ1n) is 10.8. The van der Waals surface area contributed by atoms with Crippen molar-refractivity contribution in [3.63, 3.8) is 0 Å². The smallest absolute Gasteiger partial charge is 0.237 e. The SMILES string of the molecule is COc1cc2c(cc1OC)CN(C(=O)CN1CCN(Cc3ccc(F)cc3)CC1)CC2.Cl.Cl. The van der Waals surface area contributed by atoms with Crippen molar-refractivity contribution in [3.05, 3.63) is 58.9 Å². The Hall–Kier alpha value is -2.06. The van der Waals surface area contributed by atoms with E-state index in [1.54, 1.807) is 14.2 Å². The largest absolute Gasteiger partial charge is 0.493 e. The van der Waals surface area contributed by atoms with Gasteiger partial charge in [0, 0.05) is 45.8 Å². The summed E-state index contributed by atoms with van der Waals surface area (Å²) in [5.41, 5.74) is 3.46. The molecule has 0 unspecified atom stereocenters. The van der Waals surface area contributed by atoms with Crippen molar-refractivity contribution < 1.29 is 18.7 Å². The Morgan fingerprint density at radius 2 is 1.45 bits per heavy atom. The first-order valence-corrected chi connectivity index (χ1v) is 10.8. The summed E-state index contributed by atoms with van der Waals surface area (Å²) in [6.45, 7) is 6.15. The summed E-state index contributed by atoms with van der Waals surface area (Å²) in [4.78, 5) is 19.5. The van der Waals surface area contributed by atoms with Crippen LogP contribution in [-0.4, -0.2) is 74.1 Å². The number of hydrogen-bond acceptors (Lipinski definition) is 5. The van der Waals surface area contributed by atoms with E-state index in [1.807, 2.05) is 29.2 Å². The molecule has 0 aromatic heterocycles. The van der Waals surface area contributed by atoms with E-state index in [2.05, 4.69) is 9.80 Å². The lowest BCUT2D eigenvalue weighted by Crippen LogP contribution is -2.50. The number of piperazine rings is 1. The van der Waals surface area contributed by atoms with Gasteiger partial charge in [0.15, 0.2) is 11.5 Å². The predicted molar refractivity (Wildman–Crippen MR) is 131 cm³/mol. The molecule has 33 heavy (non-hydrogen) atoms. The first kappa shape index (κ1) is 27.2. The number of rotatable bonds is 6. The number of carbonyl (C=O) groups is 1. The highest BCUT2D eigenvalue weighted by Gasteiger charge is 2.25. The van der Waals surface area contributed by atoms with E-state index in [9.17, 15) is 9.18 Å². The molecule has 0 aliphatic carbocycles. The Morgan fingerprint density at radius 1 is 0.879 bits per heavy atom. The van der Waals surface area contributed by atoms with Gasteiger partial charge < -0.3 is 14.4 Å². The van der Waals surface area contributed by atoms with Crippen LogP contribution in [-0.2, 0) is 24.3 Å². The van der Waals surface area contributed by atoms with Gasteiger partial charge in [-0.3, -0.25) is 14.6 Å². The highest BCUT2D eigenvalue weighted by atomic mass is 35.5. The molecule has 0 N–H and O–H groups in total. The van der Waals surface area contributed by atoms with Crippen LogP contribution in [0.5, 0.6) is 11.5 Å². The van der Waals surface area contributed by atoms with Gasteiger partial charge in [-0.2, -0.15) is 0 Å². The zero-order chi connectivity index (χ0) is 21.8. The Morgan fingerprint density at radius 3 is 2.06 bits per heavy atom. The van der Waals surface area contributed by atoms with Crippen LogP contribution in [0.25, 0.3) is 0 Å². The van der Waals surface area contributed by atoms with E-state index in [1.165, 1.54) is 17.7 Å². The summed E-state index contributed by atoms with van der Waals surface area (Å²) in [6, 6.07) is 10.7. The second kappa shape index (κ2) is 12.4. The maximum Gasteiger partial charge on any atom is 0.237 e. The molecule has 1 saturated heterocycles. The molecule has 182 valence electrons. The minimum Gasteiger partial charge on any atom is -0.493 e. The summed E-state index contributed by atoms with van der Waals surface area (Å²) in [6.07, 6.45) is 0.826. The number of halogens is 3. The number of nitrogens with zero attached hydrogens (tertiary/aromatic N) is 3. The van der Waals surface area contributed by atoms with Gasteiger partial charge in [0.05, 0.1) is 20.8 Å². The van der Waals surface area contributed by atoms with Gasteiger partial charge in [0.25, 0.3) is 0 Å². The Bertz CT molecular complexity index is 922. The number of carbonyl (C=O) groups excluding carboxylic acids is 1. The van der Waals surface area contributed by atoms with Crippen molar-refractivity contribution in [2.75, 3.05) is 53.5 Å². The summed E-state index contributed by atoms with van der Waals surface area (Å²) in [5.74, 6) is 1.41. The lowest BCUT2D eigenvalue weighted by molar-refractivity contribution is -0.133. The van der Waals surface area contributed by atoms with E-state index in [0.29, 0.717) is 18.8 Å². The maximum absolute atomic E-state index is 13.1. The zero-order valence-electron chi connectivity index (χ0n) is 19.1. The average molecular weight is 500 g/mol. The fourth-order valence-electron chi connectivity index (χ4n) is 4.34. The second-order valence-corrected chi connectivity index (χ2v) is 8.22. The van der Waals surface area contributed by atoms with Crippen LogP contribution in [0, 0.1) is 5.82 Å². The van der Waals surface area contributed by atoms with E-state index >= 15 is 0 Å². The Balaban J connectivity index is 0.00000193. The maximum atomic E-state index is 13.1. The molecular formula is C24H32Cl2FN3O3.